The van der Waals surface area contributed by atoms with Gasteiger partial charge in [0.25, 0.3) is 0 Å². The van der Waals surface area contributed by atoms with Gasteiger partial charge in [-0.1, -0.05) is 68.1 Å². The molecule has 0 aliphatic carbocycles. The Hall–Kier alpha value is -3.25. The van der Waals surface area contributed by atoms with Crippen LogP contribution >= 0.6 is 11.8 Å². The monoisotopic (exact) mass is 445 g/mol. The maximum Gasteiger partial charge on any atom is 0.234 e. The number of carbonyl (C=O) groups excluding carboxylic acids is 1. The molecule has 3 aromatic carbocycles. The maximum absolute atomic E-state index is 13.3. The molecule has 0 saturated heterocycles. The van der Waals surface area contributed by atoms with Gasteiger partial charge in [-0.25, -0.2) is 4.39 Å². The lowest BCUT2D eigenvalue weighted by Crippen LogP contribution is -2.16. The van der Waals surface area contributed by atoms with Crippen LogP contribution in [-0.4, -0.2) is 21.9 Å². The largest absolute Gasteiger partial charge is 0.325 e. The van der Waals surface area contributed by atoms with E-state index in [2.05, 4.69) is 35.4 Å². The van der Waals surface area contributed by atoms with Crippen molar-refractivity contribution in [2.75, 3.05) is 11.1 Å². The summed E-state index contributed by atoms with van der Waals surface area (Å²) in [6.45, 7) is 4.29. The fraction of sp³-hybridized carbons (Fsp3) is 0.192. The quantitative estimate of drug-likeness (QED) is 0.322. The second-order valence-corrected chi connectivity index (χ2v) is 8.60. The zero-order chi connectivity index (χ0) is 22.5. The third-order valence-electron chi connectivity index (χ3n) is 5.49. The Kier molecular flexibility index (Phi) is 6.81. The van der Waals surface area contributed by atoms with Crippen LogP contribution in [0, 0.1) is 5.82 Å². The molecule has 1 N–H and O–H groups in total. The van der Waals surface area contributed by atoms with Crippen molar-refractivity contribution in [1.82, 2.24) is 10.2 Å². The molecule has 0 spiro atoms. The molecule has 4 rings (SSSR count). The van der Waals surface area contributed by atoms with E-state index < -0.39 is 0 Å². The Morgan fingerprint density at radius 2 is 1.66 bits per heavy atom. The van der Waals surface area contributed by atoms with Crippen LogP contribution in [0.4, 0.5) is 10.1 Å². The number of benzene rings is 3. The van der Waals surface area contributed by atoms with E-state index in [1.54, 1.807) is 12.1 Å². The fourth-order valence-electron chi connectivity index (χ4n) is 3.59. The number of carbonyl (C=O) groups is 1. The van der Waals surface area contributed by atoms with Gasteiger partial charge in [-0.15, -0.1) is 10.2 Å². The van der Waals surface area contributed by atoms with Gasteiger partial charge in [0.05, 0.1) is 5.75 Å². The Bertz CT molecular complexity index is 1240. The summed E-state index contributed by atoms with van der Waals surface area (Å²) >= 11 is 1.36. The summed E-state index contributed by atoms with van der Waals surface area (Å²) in [7, 11) is 0. The molecule has 0 aliphatic rings. The Morgan fingerprint density at radius 3 is 2.41 bits per heavy atom. The minimum absolute atomic E-state index is 0.0840. The summed E-state index contributed by atoms with van der Waals surface area (Å²) in [5.74, 6) is 0.218. The van der Waals surface area contributed by atoms with E-state index in [1.165, 1.54) is 23.9 Å². The highest BCUT2D eigenvalue weighted by Gasteiger charge is 2.15. The van der Waals surface area contributed by atoms with Gasteiger partial charge in [0, 0.05) is 22.0 Å². The van der Waals surface area contributed by atoms with E-state index in [0.717, 1.165) is 34.0 Å². The number of para-hydroxylation sites is 1. The van der Waals surface area contributed by atoms with E-state index in [4.69, 9.17) is 0 Å². The highest BCUT2D eigenvalue weighted by molar-refractivity contribution is 8.00. The lowest BCUT2D eigenvalue weighted by Gasteiger charge is -2.15. The lowest BCUT2D eigenvalue weighted by molar-refractivity contribution is -0.113. The molecule has 32 heavy (non-hydrogen) atoms. The predicted octanol–water partition coefficient (Wildman–Crippen LogP) is 6.68. The number of aromatic nitrogens is 2. The number of nitrogens with one attached hydrogen (secondary N) is 1. The fourth-order valence-corrected chi connectivity index (χ4v) is 4.36. The van der Waals surface area contributed by atoms with Crippen molar-refractivity contribution in [2.45, 2.75) is 31.2 Å². The topological polar surface area (TPSA) is 54.9 Å². The first-order valence-electron chi connectivity index (χ1n) is 10.6. The van der Waals surface area contributed by atoms with E-state index in [9.17, 15) is 9.18 Å². The average Bonchev–Trinajstić information content (AvgIpc) is 2.83. The third-order valence-corrected chi connectivity index (χ3v) is 6.47. The second kappa shape index (κ2) is 9.92. The Balaban J connectivity index is 1.54. The summed E-state index contributed by atoms with van der Waals surface area (Å²) < 4.78 is 13.3. The number of nitrogens with zero attached hydrogens (tertiary/aromatic N) is 2. The number of halogens is 1. The SMILES string of the molecule is CC[C@@H](C)c1ccccc1NC(=O)CSc1nnc(-c2ccc(F)cc2)c2ccccc12. The first-order valence-corrected chi connectivity index (χ1v) is 11.6. The molecule has 1 amide bonds. The molecule has 1 heterocycles. The van der Waals surface area contributed by atoms with Crippen LogP contribution < -0.4 is 5.32 Å². The van der Waals surface area contributed by atoms with Crippen LogP contribution in [0.3, 0.4) is 0 Å². The highest BCUT2D eigenvalue weighted by atomic mass is 32.2. The van der Waals surface area contributed by atoms with E-state index in [1.807, 2.05) is 42.5 Å². The summed E-state index contributed by atoms with van der Waals surface area (Å²) in [4.78, 5) is 12.7. The zero-order valence-electron chi connectivity index (χ0n) is 18.0. The van der Waals surface area contributed by atoms with Crippen LogP contribution in [0.2, 0.25) is 0 Å². The van der Waals surface area contributed by atoms with Gasteiger partial charge in [0.15, 0.2) is 0 Å². The third kappa shape index (κ3) is 4.81. The summed E-state index contributed by atoms with van der Waals surface area (Å²) in [6.07, 6.45) is 1.00. The molecule has 6 heteroatoms. The molecule has 0 saturated carbocycles. The van der Waals surface area contributed by atoms with Crippen molar-refractivity contribution in [3.05, 3.63) is 84.2 Å². The predicted molar refractivity (Wildman–Crippen MR) is 129 cm³/mol. The molecule has 0 aliphatic heterocycles. The molecule has 4 nitrogen and oxygen atoms in total. The second-order valence-electron chi connectivity index (χ2n) is 7.64. The molecule has 1 atom stereocenters. The van der Waals surface area contributed by atoms with Crippen LogP contribution in [0.1, 0.15) is 31.7 Å². The van der Waals surface area contributed by atoms with E-state index >= 15 is 0 Å². The molecule has 0 fully saturated rings. The maximum atomic E-state index is 13.3. The molecule has 0 unspecified atom stereocenters. The van der Waals surface area contributed by atoms with Crippen molar-refractivity contribution in [1.29, 1.82) is 0 Å². The standard InChI is InChI=1S/C26H24FN3OS/c1-3-17(2)20-8-6-7-11-23(20)28-24(31)16-32-26-22-10-5-4-9-21(22)25(29-30-26)18-12-14-19(27)15-13-18/h4-15,17H,3,16H2,1-2H3,(H,28,31)/t17-/m1/s1. The summed E-state index contributed by atoms with van der Waals surface area (Å²) in [5.41, 5.74) is 3.49. The van der Waals surface area contributed by atoms with Gasteiger partial charge in [0.2, 0.25) is 5.91 Å². The molecule has 4 aromatic rings. The number of rotatable bonds is 7. The minimum atomic E-state index is -0.292. The normalized spacial score (nSPS) is 12.0. The average molecular weight is 446 g/mol. The first-order chi connectivity index (χ1) is 15.6. The van der Waals surface area contributed by atoms with Crippen molar-refractivity contribution >= 4 is 34.1 Å². The molecule has 0 bridgehead atoms. The zero-order valence-corrected chi connectivity index (χ0v) is 18.8. The van der Waals surface area contributed by atoms with Crippen molar-refractivity contribution in [3.8, 4) is 11.3 Å². The van der Waals surface area contributed by atoms with E-state index in [-0.39, 0.29) is 17.5 Å². The smallest absolute Gasteiger partial charge is 0.234 e. The van der Waals surface area contributed by atoms with Crippen molar-refractivity contribution in [3.63, 3.8) is 0 Å². The number of amides is 1. The van der Waals surface area contributed by atoms with Crippen LogP contribution in [-0.2, 0) is 4.79 Å². The molecule has 0 radical (unpaired) electrons. The highest BCUT2D eigenvalue weighted by Crippen LogP contribution is 2.32. The van der Waals surface area contributed by atoms with Crippen LogP contribution in [0.25, 0.3) is 22.0 Å². The first kappa shape index (κ1) is 22.0. The number of thioether (sulfide) groups is 1. The van der Waals surface area contributed by atoms with E-state index in [0.29, 0.717) is 16.6 Å². The number of hydrogen-bond acceptors (Lipinski definition) is 4. The molecular weight excluding hydrogens is 421 g/mol. The van der Waals surface area contributed by atoms with Crippen LogP contribution in [0.5, 0.6) is 0 Å². The molecule has 1 aromatic heterocycles. The van der Waals surface area contributed by atoms with Crippen molar-refractivity contribution < 1.29 is 9.18 Å². The Labute approximate surface area is 191 Å². The number of anilines is 1. The van der Waals surface area contributed by atoms with Crippen molar-refractivity contribution in [2.24, 2.45) is 0 Å². The number of fused-ring (bicyclic) bond motifs is 1. The van der Waals surface area contributed by atoms with Gasteiger partial charge in [-0.3, -0.25) is 4.79 Å². The molecule has 162 valence electrons. The number of hydrogen-bond donors (Lipinski definition) is 1. The molecular formula is C26H24FN3OS. The van der Waals surface area contributed by atoms with Gasteiger partial charge >= 0.3 is 0 Å². The summed E-state index contributed by atoms with van der Waals surface area (Å²) in [6, 6.07) is 22.0. The van der Waals surface area contributed by atoms with Gasteiger partial charge in [0.1, 0.15) is 16.5 Å². The Morgan fingerprint density at radius 1 is 0.969 bits per heavy atom. The lowest BCUT2D eigenvalue weighted by atomic mass is 9.97. The van der Waals surface area contributed by atoms with Gasteiger partial charge in [-0.05, 0) is 48.2 Å². The van der Waals surface area contributed by atoms with Crippen LogP contribution in [0.15, 0.2) is 77.8 Å². The summed E-state index contributed by atoms with van der Waals surface area (Å²) in [5, 5.41) is 14.3. The van der Waals surface area contributed by atoms with Gasteiger partial charge < -0.3 is 5.32 Å². The minimum Gasteiger partial charge on any atom is -0.325 e. The van der Waals surface area contributed by atoms with Gasteiger partial charge in [-0.2, -0.15) is 0 Å².